The van der Waals surface area contributed by atoms with E-state index in [0.717, 1.165) is 25.1 Å². The maximum absolute atomic E-state index is 10.5. The summed E-state index contributed by atoms with van der Waals surface area (Å²) in [5.74, 6) is 0.908. The first-order valence-corrected chi connectivity index (χ1v) is 6.92. The molecule has 4 heteroatoms. The van der Waals surface area contributed by atoms with E-state index in [1.807, 2.05) is 4.68 Å². The molecule has 1 aliphatic carbocycles. The molecule has 3 atom stereocenters. The fourth-order valence-corrected chi connectivity index (χ4v) is 3.15. The molecule has 1 aromatic heterocycles. The second-order valence-electron chi connectivity index (χ2n) is 5.12. The van der Waals surface area contributed by atoms with E-state index in [0.29, 0.717) is 16.9 Å². The third kappa shape index (κ3) is 2.50. The van der Waals surface area contributed by atoms with Crippen molar-refractivity contribution in [1.82, 2.24) is 9.78 Å². The first-order valence-electron chi connectivity index (χ1n) is 6.54. The molecule has 3 nitrogen and oxygen atoms in total. The number of aliphatic hydroxyl groups excluding tert-OH is 1. The smallest absolute Gasteiger partial charge is 0.100 e. The van der Waals surface area contributed by atoms with E-state index in [1.165, 1.54) is 12.8 Å². The van der Waals surface area contributed by atoms with Crippen molar-refractivity contribution < 1.29 is 5.11 Å². The van der Waals surface area contributed by atoms with Gasteiger partial charge in [0.2, 0.25) is 0 Å². The predicted octanol–water partition coefficient (Wildman–Crippen LogP) is 3.42. The van der Waals surface area contributed by atoms with Crippen LogP contribution in [0.4, 0.5) is 0 Å². The Kier molecular flexibility index (Phi) is 4.10. The van der Waals surface area contributed by atoms with Gasteiger partial charge in [0.25, 0.3) is 0 Å². The van der Waals surface area contributed by atoms with Crippen LogP contribution in [0.3, 0.4) is 0 Å². The zero-order chi connectivity index (χ0) is 12.4. The van der Waals surface area contributed by atoms with Crippen molar-refractivity contribution in [1.29, 1.82) is 0 Å². The Bertz CT molecular complexity index is 377. The van der Waals surface area contributed by atoms with Gasteiger partial charge in [0.05, 0.1) is 16.9 Å². The molecule has 0 saturated heterocycles. The summed E-state index contributed by atoms with van der Waals surface area (Å²) in [6.45, 7) is 5.14. The fraction of sp³-hybridized carbons (Fsp3) is 0.769. The highest BCUT2D eigenvalue weighted by Crippen LogP contribution is 2.41. The van der Waals surface area contributed by atoms with Crippen LogP contribution in [0, 0.1) is 11.8 Å². The number of aliphatic hydroxyl groups is 1. The molecule has 0 aliphatic heterocycles. The molecule has 1 aliphatic rings. The van der Waals surface area contributed by atoms with E-state index >= 15 is 0 Å². The van der Waals surface area contributed by atoms with Gasteiger partial charge in [0.15, 0.2) is 0 Å². The molecule has 1 aromatic rings. The van der Waals surface area contributed by atoms with Crippen molar-refractivity contribution in [3.63, 3.8) is 0 Å². The zero-order valence-corrected chi connectivity index (χ0v) is 11.3. The van der Waals surface area contributed by atoms with Crippen LogP contribution >= 0.6 is 11.6 Å². The van der Waals surface area contributed by atoms with Gasteiger partial charge in [-0.05, 0) is 24.7 Å². The van der Waals surface area contributed by atoms with E-state index in [2.05, 4.69) is 18.9 Å². The van der Waals surface area contributed by atoms with Crippen molar-refractivity contribution in [3.8, 4) is 0 Å². The quantitative estimate of drug-likeness (QED) is 0.897. The van der Waals surface area contributed by atoms with Crippen molar-refractivity contribution in [2.75, 3.05) is 0 Å². The average Bonchev–Trinajstić information content (AvgIpc) is 2.86. The van der Waals surface area contributed by atoms with E-state index in [-0.39, 0.29) is 0 Å². The summed E-state index contributed by atoms with van der Waals surface area (Å²) in [5, 5.41) is 15.4. The molecule has 0 amide bonds. The van der Waals surface area contributed by atoms with Gasteiger partial charge in [0.1, 0.15) is 6.10 Å². The van der Waals surface area contributed by atoms with Gasteiger partial charge >= 0.3 is 0 Å². The molecule has 0 aromatic carbocycles. The SMILES string of the molecule is CCCn1ncc(Cl)c1C(O)C1CCCC1C. The molecule has 17 heavy (non-hydrogen) atoms. The summed E-state index contributed by atoms with van der Waals surface area (Å²) in [5.41, 5.74) is 0.812. The van der Waals surface area contributed by atoms with Crippen LogP contribution in [0.2, 0.25) is 5.02 Å². The average molecular weight is 257 g/mol. The highest BCUT2D eigenvalue weighted by molar-refractivity contribution is 6.31. The van der Waals surface area contributed by atoms with E-state index in [4.69, 9.17) is 11.6 Å². The Labute approximate surface area is 108 Å². The van der Waals surface area contributed by atoms with Gasteiger partial charge in [-0.15, -0.1) is 0 Å². The number of aromatic nitrogens is 2. The lowest BCUT2D eigenvalue weighted by molar-refractivity contribution is 0.0815. The number of nitrogens with zero attached hydrogens (tertiary/aromatic N) is 2. The van der Waals surface area contributed by atoms with Gasteiger partial charge in [-0.1, -0.05) is 38.3 Å². The molecule has 1 fully saturated rings. The monoisotopic (exact) mass is 256 g/mol. The van der Waals surface area contributed by atoms with Crippen LogP contribution in [0.1, 0.15) is 51.3 Å². The molecule has 0 spiro atoms. The van der Waals surface area contributed by atoms with Gasteiger partial charge in [-0.2, -0.15) is 5.10 Å². The highest BCUT2D eigenvalue weighted by Gasteiger charge is 2.33. The Morgan fingerprint density at radius 2 is 2.35 bits per heavy atom. The van der Waals surface area contributed by atoms with Crippen molar-refractivity contribution in [2.45, 2.75) is 52.2 Å². The van der Waals surface area contributed by atoms with Crippen LogP contribution in [0.15, 0.2) is 6.20 Å². The number of hydrogen-bond acceptors (Lipinski definition) is 2. The topological polar surface area (TPSA) is 38.0 Å². The minimum atomic E-state index is -0.464. The number of halogens is 1. The fourth-order valence-electron chi connectivity index (χ4n) is 2.90. The molecule has 3 unspecified atom stereocenters. The number of rotatable bonds is 4. The molecular weight excluding hydrogens is 236 g/mol. The van der Waals surface area contributed by atoms with Crippen molar-refractivity contribution in [3.05, 3.63) is 16.9 Å². The third-order valence-corrected chi connectivity index (χ3v) is 4.17. The number of aryl methyl sites for hydroxylation is 1. The molecule has 1 heterocycles. The molecular formula is C13H21ClN2O. The lowest BCUT2D eigenvalue weighted by Gasteiger charge is -2.23. The van der Waals surface area contributed by atoms with Crippen molar-refractivity contribution >= 4 is 11.6 Å². The second-order valence-corrected chi connectivity index (χ2v) is 5.52. The van der Waals surface area contributed by atoms with Crippen LogP contribution in [0.25, 0.3) is 0 Å². The molecule has 1 saturated carbocycles. The van der Waals surface area contributed by atoms with Crippen LogP contribution in [-0.4, -0.2) is 14.9 Å². The molecule has 2 rings (SSSR count). The van der Waals surface area contributed by atoms with Gasteiger partial charge in [-0.3, -0.25) is 4.68 Å². The van der Waals surface area contributed by atoms with Crippen LogP contribution in [0.5, 0.6) is 0 Å². The molecule has 1 N–H and O–H groups in total. The summed E-state index contributed by atoms with van der Waals surface area (Å²) < 4.78 is 1.86. The summed E-state index contributed by atoms with van der Waals surface area (Å²) in [6.07, 6.45) is 5.70. The van der Waals surface area contributed by atoms with Gasteiger partial charge in [-0.25, -0.2) is 0 Å². The maximum atomic E-state index is 10.5. The summed E-state index contributed by atoms with van der Waals surface area (Å²) >= 11 is 6.16. The van der Waals surface area contributed by atoms with E-state index < -0.39 is 6.10 Å². The van der Waals surface area contributed by atoms with Gasteiger partial charge in [0, 0.05) is 6.54 Å². The predicted molar refractivity (Wildman–Crippen MR) is 69.0 cm³/mol. The Hall–Kier alpha value is -0.540. The lowest BCUT2D eigenvalue weighted by atomic mass is 9.90. The second kappa shape index (κ2) is 5.40. The minimum Gasteiger partial charge on any atom is -0.386 e. The lowest BCUT2D eigenvalue weighted by Crippen LogP contribution is -2.19. The Balaban J connectivity index is 2.22. The van der Waals surface area contributed by atoms with Crippen LogP contribution in [-0.2, 0) is 6.54 Å². The Morgan fingerprint density at radius 1 is 1.59 bits per heavy atom. The first kappa shape index (κ1) is 12.9. The summed E-state index contributed by atoms with van der Waals surface area (Å²) in [7, 11) is 0. The molecule has 0 bridgehead atoms. The first-order chi connectivity index (χ1) is 8.15. The summed E-state index contributed by atoms with van der Waals surface area (Å²) in [4.78, 5) is 0. The van der Waals surface area contributed by atoms with Crippen LogP contribution < -0.4 is 0 Å². The Morgan fingerprint density at radius 3 is 2.94 bits per heavy atom. The summed E-state index contributed by atoms with van der Waals surface area (Å²) in [6, 6.07) is 0. The van der Waals surface area contributed by atoms with E-state index in [1.54, 1.807) is 6.20 Å². The maximum Gasteiger partial charge on any atom is 0.100 e. The standard InChI is InChI=1S/C13H21ClN2O/c1-3-7-16-12(11(14)8-15-16)13(17)10-6-4-5-9(10)2/h8-10,13,17H,3-7H2,1-2H3. The zero-order valence-electron chi connectivity index (χ0n) is 10.6. The third-order valence-electron chi connectivity index (χ3n) is 3.88. The largest absolute Gasteiger partial charge is 0.386 e. The van der Waals surface area contributed by atoms with E-state index in [9.17, 15) is 5.11 Å². The number of hydrogen-bond donors (Lipinski definition) is 1. The highest BCUT2D eigenvalue weighted by atomic mass is 35.5. The molecule has 96 valence electrons. The normalized spacial score (nSPS) is 26.4. The van der Waals surface area contributed by atoms with Gasteiger partial charge < -0.3 is 5.11 Å². The molecule has 0 radical (unpaired) electrons. The minimum absolute atomic E-state index is 0.333. The van der Waals surface area contributed by atoms with Crippen molar-refractivity contribution in [2.24, 2.45) is 11.8 Å².